The zero-order valence-electron chi connectivity index (χ0n) is 7.92. The fraction of sp³-hybridized carbons (Fsp3) is 0.875. The first-order chi connectivity index (χ1) is 5.60. The van der Waals surface area contributed by atoms with Crippen molar-refractivity contribution < 1.29 is 9.90 Å². The number of hydrogen-bond donors (Lipinski definition) is 3. The van der Waals surface area contributed by atoms with E-state index in [2.05, 4.69) is 10.6 Å². The predicted octanol–water partition coefficient (Wildman–Crippen LogP) is 0.465. The first-order valence-electron chi connectivity index (χ1n) is 4.28. The molecule has 0 aromatic heterocycles. The molecule has 12 heavy (non-hydrogen) atoms. The van der Waals surface area contributed by atoms with E-state index >= 15 is 0 Å². The number of carbonyl (C=O) groups excluding carboxylic acids is 1. The zero-order chi connectivity index (χ0) is 9.56. The van der Waals surface area contributed by atoms with E-state index in [-0.39, 0.29) is 24.7 Å². The average Bonchev–Trinajstić information content (AvgIpc) is 2.03. The summed E-state index contributed by atoms with van der Waals surface area (Å²) in [4.78, 5) is 11.0. The molecular weight excluding hydrogens is 156 g/mol. The number of carbonyl (C=O) groups is 1. The normalized spacial score (nSPS) is 15.0. The van der Waals surface area contributed by atoms with E-state index in [0.717, 1.165) is 6.42 Å². The molecule has 0 fully saturated rings. The smallest absolute Gasteiger partial charge is 0.315 e. The van der Waals surface area contributed by atoms with Crippen molar-refractivity contribution in [2.75, 3.05) is 6.61 Å². The van der Waals surface area contributed by atoms with Crippen LogP contribution < -0.4 is 10.6 Å². The van der Waals surface area contributed by atoms with Gasteiger partial charge in [0.15, 0.2) is 0 Å². The summed E-state index contributed by atoms with van der Waals surface area (Å²) in [6.07, 6.45) is 0.904. The molecule has 0 aromatic carbocycles. The van der Waals surface area contributed by atoms with E-state index in [1.807, 2.05) is 13.8 Å². The molecule has 0 heterocycles. The Labute approximate surface area is 73.3 Å². The fourth-order valence-corrected chi connectivity index (χ4v) is 0.637. The number of aliphatic hydroxyl groups is 1. The van der Waals surface area contributed by atoms with E-state index in [1.54, 1.807) is 6.92 Å². The van der Waals surface area contributed by atoms with E-state index < -0.39 is 0 Å². The molecule has 0 rings (SSSR count). The Morgan fingerprint density at radius 1 is 1.33 bits per heavy atom. The molecule has 0 radical (unpaired) electrons. The lowest BCUT2D eigenvalue weighted by Crippen LogP contribution is -2.45. The van der Waals surface area contributed by atoms with Gasteiger partial charge in [-0.3, -0.25) is 0 Å². The highest BCUT2D eigenvalue weighted by molar-refractivity contribution is 5.74. The Bertz CT molecular complexity index is 125. The molecular formula is C8H18N2O2. The van der Waals surface area contributed by atoms with Crippen LogP contribution in [0.5, 0.6) is 0 Å². The molecule has 3 N–H and O–H groups in total. The van der Waals surface area contributed by atoms with Gasteiger partial charge in [-0.15, -0.1) is 0 Å². The molecule has 72 valence electrons. The van der Waals surface area contributed by atoms with Gasteiger partial charge >= 0.3 is 6.03 Å². The fourth-order valence-electron chi connectivity index (χ4n) is 0.637. The maximum absolute atomic E-state index is 11.0. The maximum atomic E-state index is 11.0. The van der Waals surface area contributed by atoms with Gasteiger partial charge in [0.05, 0.1) is 12.6 Å². The van der Waals surface area contributed by atoms with Gasteiger partial charge in [0, 0.05) is 6.04 Å². The van der Waals surface area contributed by atoms with Crippen molar-refractivity contribution in [1.82, 2.24) is 10.6 Å². The van der Waals surface area contributed by atoms with E-state index in [0.29, 0.717) is 0 Å². The summed E-state index contributed by atoms with van der Waals surface area (Å²) in [5.41, 5.74) is 0. The van der Waals surface area contributed by atoms with Gasteiger partial charge in [0.2, 0.25) is 0 Å². The Kier molecular flexibility index (Phi) is 5.45. The first-order valence-corrected chi connectivity index (χ1v) is 4.28. The van der Waals surface area contributed by atoms with Crippen molar-refractivity contribution in [3.8, 4) is 0 Å². The number of aliphatic hydroxyl groups excluding tert-OH is 1. The quantitative estimate of drug-likeness (QED) is 0.580. The Hall–Kier alpha value is -0.770. The first kappa shape index (κ1) is 11.2. The van der Waals surface area contributed by atoms with Crippen LogP contribution in [0.3, 0.4) is 0 Å². The van der Waals surface area contributed by atoms with Crippen molar-refractivity contribution in [3.05, 3.63) is 0 Å². The van der Waals surface area contributed by atoms with E-state index in [1.165, 1.54) is 0 Å². The number of urea groups is 1. The van der Waals surface area contributed by atoms with Gasteiger partial charge in [-0.2, -0.15) is 0 Å². The van der Waals surface area contributed by atoms with Crippen molar-refractivity contribution in [2.45, 2.75) is 39.3 Å². The summed E-state index contributed by atoms with van der Waals surface area (Å²) in [5.74, 6) is 0. The Balaban J connectivity index is 3.59. The topological polar surface area (TPSA) is 61.4 Å². The van der Waals surface area contributed by atoms with Crippen LogP contribution in [0.15, 0.2) is 0 Å². The summed E-state index contributed by atoms with van der Waals surface area (Å²) in [6, 6.07) is -0.226. The Morgan fingerprint density at radius 3 is 2.25 bits per heavy atom. The molecule has 4 heteroatoms. The molecule has 0 bridgehead atoms. The minimum Gasteiger partial charge on any atom is -0.394 e. The summed E-state index contributed by atoms with van der Waals surface area (Å²) >= 11 is 0. The highest BCUT2D eigenvalue weighted by Gasteiger charge is 2.07. The summed E-state index contributed by atoms with van der Waals surface area (Å²) in [7, 11) is 0. The highest BCUT2D eigenvalue weighted by Crippen LogP contribution is 1.87. The van der Waals surface area contributed by atoms with Gasteiger partial charge < -0.3 is 15.7 Å². The standard InChI is InChI=1S/C8H18N2O2/c1-4-6(2)9-8(12)10-7(3)5-11/h6-7,11H,4-5H2,1-3H3,(H2,9,10,12). The van der Waals surface area contributed by atoms with Crippen LogP contribution in [0.1, 0.15) is 27.2 Å². The number of hydrogen-bond acceptors (Lipinski definition) is 2. The third-order valence-electron chi connectivity index (χ3n) is 1.64. The monoisotopic (exact) mass is 174 g/mol. The lowest BCUT2D eigenvalue weighted by atomic mass is 10.3. The third kappa shape index (κ3) is 4.96. The molecule has 2 atom stereocenters. The molecule has 2 amide bonds. The van der Waals surface area contributed by atoms with E-state index in [9.17, 15) is 4.79 Å². The van der Waals surface area contributed by atoms with Gasteiger partial charge in [0.25, 0.3) is 0 Å². The lowest BCUT2D eigenvalue weighted by Gasteiger charge is -2.15. The summed E-state index contributed by atoms with van der Waals surface area (Å²) in [5, 5.41) is 14.0. The van der Waals surface area contributed by atoms with Crippen molar-refractivity contribution >= 4 is 6.03 Å². The molecule has 0 saturated heterocycles. The molecule has 0 saturated carbocycles. The summed E-state index contributed by atoms with van der Waals surface area (Å²) in [6.45, 7) is 5.65. The lowest BCUT2D eigenvalue weighted by molar-refractivity contribution is 0.218. The highest BCUT2D eigenvalue weighted by atomic mass is 16.3. The van der Waals surface area contributed by atoms with Crippen LogP contribution in [0.4, 0.5) is 4.79 Å². The second kappa shape index (κ2) is 5.83. The number of rotatable bonds is 4. The molecule has 0 aliphatic rings. The number of amides is 2. The van der Waals surface area contributed by atoms with Crippen LogP contribution >= 0.6 is 0 Å². The van der Waals surface area contributed by atoms with Crippen LogP contribution in [-0.2, 0) is 0 Å². The largest absolute Gasteiger partial charge is 0.394 e. The minimum absolute atomic E-state index is 0.0338. The second-order valence-corrected chi connectivity index (χ2v) is 3.01. The van der Waals surface area contributed by atoms with Gasteiger partial charge in [-0.05, 0) is 20.3 Å². The van der Waals surface area contributed by atoms with Crippen LogP contribution in [0, 0.1) is 0 Å². The molecule has 2 unspecified atom stereocenters. The third-order valence-corrected chi connectivity index (χ3v) is 1.64. The molecule has 0 aliphatic carbocycles. The zero-order valence-corrected chi connectivity index (χ0v) is 7.92. The van der Waals surface area contributed by atoms with Crippen molar-refractivity contribution in [3.63, 3.8) is 0 Å². The average molecular weight is 174 g/mol. The Morgan fingerprint density at radius 2 is 1.83 bits per heavy atom. The van der Waals surface area contributed by atoms with Crippen molar-refractivity contribution in [1.29, 1.82) is 0 Å². The summed E-state index contributed by atoms with van der Waals surface area (Å²) < 4.78 is 0. The van der Waals surface area contributed by atoms with Gasteiger partial charge in [-0.1, -0.05) is 6.92 Å². The van der Waals surface area contributed by atoms with Crippen molar-refractivity contribution in [2.24, 2.45) is 0 Å². The van der Waals surface area contributed by atoms with Gasteiger partial charge in [-0.25, -0.2) is 4.79 Å². The molecule has 0 aromatic rings. The second-order valence-electron chi connectivity index (χ2n) is 3.01. The number of nitrogens with one attached hydrogen (secondary N) is 2. The predicted molar refractivity (Wildman–Crippen MR) is 48.0 cm³/mol. The van der Waals surface area contributed by atoms with Gasteiger partial charge in [0.1, 0.15) is 0 Å². The molecule has 0 aliphatic heterocycles. The van der Waals surface area contributed by atoms with Crippen LogP contribution in [0.2, 0.25) is 0 Å². The molecule has 0 spiro atoms. The van der Waals surface area contributed by atoms with Crippen LogP contribution in [0.25, 0.3) is 0 Å². The SMILES string of the molecule is CCC(C)NC(=O)NC(C)CO. The maximum Gasteiger partial charge on any atom is 0.315 e. The molecule has 4 nitrogen and oxygen atoms in total. The van der Waals surface area contributed by atoms with Crippen LogP contribution in [-0.4, -0.2) is 29.8 Å². The van der Waals surface area contributed by atoms with E-state index in [4.69, 9.17) is 5.11 Å². The minimum atomic E-state index is -0.217.